The maximum atomic E-state index is 14.3. The maximum Gasteiger partial charge on any atom is 0.411 e. The molecule has 19 nitrogen and oxygen atoms in total. The highest BCUT2D eigenvalue weighted by atomic mass is 35.5. The summed E-state index contributed by atoms with van der Waals surface area (Å²) in [7, 11) is 8.42. The van der Waals surface area contributed by atoms with Gasteiger partial charge in [-0.1, -0.05) is 187 Å². The molecule has 4 N–H and O–H groups in total. The number of benzene rings is 8. The summed E-state index contributed by atoms with van der Waals surface area (Å²) in [4.78, 5) is 98.1. The third-order valence-corrected chi connectivity index (χ3v) is 20.8. The number of ether oxygens (including phenoxy) is 1. The van der Waals surface area contributed by atoms with Crippen molar-refractivity contribution in [3.8, 4) is 0 Å². The molecule has 4 heterocycles. The Kier molecular flexibility index (Phi) is 31.4. The van der Waals surface area contributed by atoms with Crippen LogP contribution in [0.1, 0.15) is 94.0 Å². The zero-order valence-electron chi connectivity index (χ0n) is 65.0. The first-order valence-corrected chi connectivity index (χ1v) is 39.3. The van der Waals surface area contributed by atoms with Crippen molar-refractivity contribution in [1.82, 2.24) is 50.7 Å². The Bertz CT molecular complexity index is 4260. The van der Waals surface area contributed by atoms with E-state index in [1.807, 2.05) is 102 Å². The number of nitrogens with one attached hydrogen (secondary N) is 4. The highest BCUT2D eigenvalue weighted by molar-refractivity contribution is 6.30. The lowest BCUT2D eigenvalue weighted by molar-refractivity contribution is -0.137. The molecular weight excluding hydrogens is 1420 g/mol. The molecular formula is C89H110Cl2N12O7. The maximum absolute atomic E-state index is 14.3. The van der Waals surface area contributed by atoms with E-state index in [1.165, 1.54) is 38.4 Å². The van der Waals surface area contributed by atoms with Crippen molar-refractivity contribution in [2.45, 2.75) is 122 Å². The molecule has 12 rings (SSSR count). The van der Waals surface area contributed by atoms with Gasteiger partial charge in [-0.2, -0.15) is 0 Å². The van der Waals surface area contributed by atoms with Crippen LogP contribution in [0.3, 0.4) is 0 Å². The van der Waals surface area contributed by atoms with Crippen molar-refractivity contribution in [3.63, 3.8) is 0 Å². The number of para-hydroxylation sites is 2. The Morgan fingerprint density at radius 2 is 1.02 bits per heavy atom. The lowest BCUT2D eigenvalue weighted by Crippen LogP contribution is -2.58. The van der Waals surface area contributed by atoms with E-state index in [0.29, 0.717) is 87.1 Å². The molecule has 4 atom stereocenters. The first-order valence-electron chi connectivity index (χ1n) is 38.6. The molecule has 0 radical (unpaired) electrons. The second-order valence-corrected chi connectivity index (χ2v) is 31.3. The average molecular weight is 1530 g/mol. The lowest BCUT2D eigenvalue weighted by Gasteiger charge is -2.37. The summed E-state index contributed by atoms with van der Waals surface area (Å²) in [6.07, 6.45) is 3.38. The van der Waals surface area contributed by atoms with Gasteiger partial charge in [-0.3, -0.25) is 33.8 Å². The van der Waals surface area contributed by atoms with Crippen LogP contribution in [0.4, 0.5) is 16.2 Å². The molecule has 582 valence electrons. The van der Waals surface area contributed by atoms with Crippen molar-refractivity contribution < 1.29 is 33.5 Å². The monoisotopic (exact) mass is 1530 g/mol. The fourth-order valence-corrected chi connectivity index (χ4v) is 14.6. The molecule has 0 aliphatic carbocycles. The number of amides is 5. The molecule has 0 aromatic heterocycles. The van der Waals surface area contributed by atoms with Crippen molar-refractivity contribution >= 4 is 70.6 Å². The minimum Gasteiger partial charge on any atom is -0.444 e. The van der Waals surface area contributed by atoms with Gasteiger partial charge in [0.1, 0.15) is 23.7 Å². The number of halogens is 2. The van der Waals surface area contributed by atoms with E-state index >= 15 is 0 Å². The highest BCUT2D eigenvalue weighted by Gasteiger charge is 2.40. The van der Waals surface area contributed by atoms with Gasteiger partial charge in [-0.15, -0.1) is 0 Å². The van der Waals surface area contributed by atoms with Gasteiger partial charge >= 0.3 is 6.09 Å². The summed E-state index contributed by atoms with van der Waals surface area (Å²) in [5.41, 5.74) is 12.0. The summed E-state index contributed by atoms with van der Waals surface area (Å²) >= 11 is 12.3. The van der Waals surface area contributed by atoms with Crippen LogP contribution in [0.25, 0.3) is 0 Å². The van der Waals surface area contributed by atoms with Crippen molar-refractivity contribution in [2.24, 2.45) is 0 Å². The van der Waals surface area contributed by atoms with Gasteiger partial charge in [0.05, 0.1) is 12.6 Å². The second-order valence-electron chi connectivity index (χ2n) is 30.4. The number of aldehydes is 1. The molecule has 0 spiro atoms. The van der Waals surface area contributed by atoms with E-state index in [1.54, 1.807) is 43.9 Å². The Labute approximate surface area is 661 Å². The molecule has 8 aromatic carbocycles. The number of likely N-dealkylation sites (N-methyl/N-ethyl adjacent to an activating group) is 2. The van der Waals surface area contributed by atoms with Crippen LogP contribution in [0.5, 0.6) is 0 Å². The molecule has 2 fully saturated rings. The van der Waals surface area contributed by atoms with Gasteiger partial charge in [0.25, 0.3) is 0 Å². The zero-order valence-corrected chi connectivity index (χ0v) is 66.5. The van der Waals surface area contributed by atoms with Gasteiger partial charge in [-0.25, -0.2) is 4.79 Å². The third kappa shape index (κ3) is 25.3. The van der Waals surface area contributed by atoms with Crippen LogP contribution in [0.2, 0.25) is 10.0 Å². The first kappa shape index (κ1) is 83.0. The summed E-state index contributed by atoms with van der Waals surface area (Å²) in [6, 6.07) is 65.2. The average Bonchev–Trinajstić information content (AvgIpc) is 0.813. The number of rotatable bonds is 25. The normalized spacial score (nSPS) is 16.3. The zero-order chi connectivity index (χ0) is 77.9. The van der Waals surface area contributed by atoms with Gasteiger partial charge in [0, 0.05) is 151 Å². The number of carbonyl (C=O) groups is 6. The molecule has 0 bridgehead atoms. The van der Waals surface area contributed by atoms with Crippen molar-refractivity contribution in [2.75, 3.05) is 117 Å². The number of anilines is 2. The topological polar surface area (TPSA) is 186 Å². The lowest BCUT2D eigenvalue weighted by atomic mass is 9.93. The van der Waals surface area contributed by atoms with Crippen molar-refractivity contribution in [1.29, 1.82) is 0 Å². The Morgan fingerprint density at radius 3 is 1.59 bits per heavy atom. The number of hydrogen-bond acceptors (Lipinski definition) is 14. The number of carbonyl (C=O) groups excluding carboxylic acids is 6. The second kappa shape index (κ2) is 41.6. The summed E-state index contributed by atoms with van der Waals surface area (Å²) < 4.78 is 5.70. The molecule has 4 unspecified atom stereocenters. The van der Waals surface area contributed by atoms with Gasteiger partial charge in [0.15, 0.2) is 6.29 Å². The van der Waals surface area contributed by atoms with Gasteiger partial charge in [-0.05, 0) is 161 Å². The van der Waals surface area contributed by atoms with E-state index in [2.05, 4.69) is 165 Å². The minimum atomic E-state index is -0.875. The summed E-state index contributed by atoms with van der Waals surface area (Å²) in [5.74, 6) is -0.795. The first-order chi connectivity index (χ1) is 53.1. The van der Waals surface area contributed by atoms with Crippen molar-refractivity contribution in [3.05, 3.63) is 272 Å². The number of hydrogen-bond donors (Lipinski definition) is 4. The predicted octanol–water partition coefficient (Wildman–Crippen LogP) is 12.0. The standard InChI is InChI=1S/C42H51ClN6O2.C36H41ClN4O5.C11H18N2/c1-46(2)23-24-47(30-33-11-4-3-5-12-33)31-36-15-8-9-16-40(36)48-21-10-22-49(26-25-48)42(51)39(27-32-17-19-37(43)20-18-32)45-41(50)38-28-34-13-6-7-14-35(34)29-44-38;1-36(2,3)46-35(45)41-23-27-10-5-4-9-26(27)22-32(41)33(43)38-30(21-25-13-15-29(37)16-14-25)34(44)40-18-8-17-39(19-20-40)31-12-7-6-11-28(31)24-42;1-13(2)9-8-12-10-11-6-4-3-5-7-11/h3-9,11-20,38-39,44H,10,21-31H2,1-2H3,(H,45,50);4-7,9-16,24,30,32H,8,17-23H2,1-3H3,(H,38,43);3-7,12H,8-10H2,1-2H3. The van der Waals surface area contributed by atoms with Gasteiger partial charge < -0.3 is 55.4 Å². The van der Waals surface area contributed by atoms with E-state index in [4.69, 9.17) is 27.9 Å². The van der Waals surface area contributed by atoms with Crippen LogP contribution in [-0.2, 0) is 82.3 Å². The predicted molar refractivity (Wildman–Crippen MR) is 442 cm³/mol. The minimum absolute atomic E-state index is 0.0395. The Morgan fingerprint density at radius 1 is 0.518 bits per heavy atom. The summed E-state index contributed by atoms with van der Waals surface area (Å²) in [5, 5.41) is 14.2. The molecule has 8 aromatic rings. The molecule has 0 saturated carbocycles. The Balaban J connectivity index is 0.000000202. The fourth-order valence-electron chi connectivity index (χ4n) is 14.4. The largest absolute Gasteiger partial charge is 0.444 e. The van der Waals surface area contributed by atoms with E-state index in [-0.39, 0.29) is 30.7 Å². The van der Waals surface area contributed by atoms with Crippen LogP contribution < -0.4 is 31.1 Å². The number of fused-ring (bicyclic) bond motifs is 2. The van der Waals surface area contributed by atoms with Crippen LogP contribution in [-0.4, -0.2) is 202 Å². The Hall–Kier alpha value is -9.44. The molecule has 21 heteroatoms. The summed E-state index contributed by atoms with van der Waals surface area (Å²) in [6.45, 7) is 18.0. The molecule has 4 aliphatic heterocycles. The molecule has 4 aliphatic rings. The van der Waals surface area contributed by atoms with E-state index < -0.39 is 41.8 Å². The molecule has 110 heavy (non-hydrogen) atoms. The third-order valence-electron chi connectivity index (χ3n) is 20.3. The van der Waals surface area contributed by atoms with Crippen LogP contribution in [0, 0.1) is 0 Å². The smallest absolute Gasteiger partial charge is 0.411 e. The van der Waals surface area contributed by atoms with Crippen LogP contribution in [0.15, 0.2) is 206 Å². The molecule has 5 amide bonds. The SMILES string of the molecule is CC(C)(C)OC(=O)N1Cc2ccccc2CC1C(=O)NC(Cc1ccc(Cl)cc1)C(=O)N1CCCN(c2ccccc2C=O)CC1.CN(C)CCN(Cc1ccccc1)Cc1ccccc1N1CCCN(C(=O)C(Cc2ccc(Cl)cc2)NC(=O)C2Cc3ccccc3CN2)CC1.CN(C)CCNCc1ccccc1. The highest BCUT2D eigenvalue weighted by Crippen LogP contribution is 2.29. The van der Waals surface area contributed by atoms with Gasteiger partial charge in [0.2, 0.25) is 23.6 Å². The van der Waals surface area contributed by atoms with Crippen LogP contribution >= 0.6 is 23.2 Å². The fraction of sp³-hybridized carbons (Fsp3) is 0.393. The van der Waals surface area contributed by atoms with E-state index in [0.717, 1.165) is 99.6 Å². The molecule has 2 saturated heterocycles. The number of nitrogens with zero attached hydrogens (tertiary/aromatic N) is 8. The van der Waals surface area contributed by atoms with E-state index in [9.17, 15) is 28.8 Å². The quantitative estimate of drug-likeness (QED) is 0.0313.